The molecule has 0 aliphatic heterocycles. The fourth-order valence-corrected chi connectivity index (χ4v) is 1.52. The lowest BCUT2D eigenvalue weighted by atomic mass is 10.1. The normalized spacial score (nSPS) is 10.5. The molecule has 1 heterocycles. The van der Waals surface area contributed by atoms with Crippen molar-refractivity contribution in [1.82, 2.24) is 20.6 Å². The molecule has 1 aromatic carbocycles. The summed E-state index contributed by atoms with van der Waals surface area (Å²) in [5.74, 6) is 0.768. The summed E-state index contributed by atoms with van der Waals surface area (Å²) >= 11 is 5.79. The molecular weight excluding hydrogens is 212 g/mol. The summed E-state index contributed by atoms with van der Waals surface area (Å²) in [6, 6.07) is 7.90. The minimum Gasteiger partial charge on any atom is -0.177 e. The Labute approximate surface area is 92.7 Å². The Morgan fingerprint density at radius 2 is 1.93 bits per heavy atom. The average Bonchev–Trinajstić information content (AvgIpc) is 2.74. The molecule has 0 saturated heterocycles. The monoisotopic (exact) mass is 222 g/mol. The van der Waals surface area contributed by atoms with Crippen LogP contribution in [-0.2, 0) is 12.8 Å². The van der Waals surface area contributed by atoms with Crippen molar-refractivity contribution >= 4 is 11.6 Å². The number of H-pyrrole nitrogens is 1. The van der Waals surface area contributed by atoms with Crippen molar-refractivity contribution in [1.29, 1.82) is 0 Å². The molecule has 5 heteroatoms. The van der Waals surface area contributed by atoms with Crippen LogP contribution in [0.3, 0.4) is 0 Å². The Kier molecular flexibility index (Phi) is 3.29. The summed E-state index contributed by atoms with van der Waals surface area (Å²) in [6.45, 7) is 0. The lowest BCUT2D eigenvalue weighted by Crippen LogP contribution is -1.92. The Bertz CT molecular complexity index is 396. The number of rotatable bonds is 4. The number of hydrogen-bond acceptors (Lipinski definition) is 3. The van der Waals surface area contributed by atoms with Crippen LogP contribution in [-0.4, -0.2) is 20.6 Å². The molecule has 0 unspecified atom stereocenters. The number of aromatic amines is 1. The molecule has 0 bridgehead atoms. The number of tetrazole rings is 1. The number of nitrogens with one attached hydrogen (secondary N) is 1. The molecule has 4 nitrogen and oxygen atoms in total. The predicted molar refractivity (Wildman–Crippen MR) is 57.7 cm³/mol. The summed E-state index contributed by atoms with van der Waals surface area (Å²) in [6.07, 6.45) is 2.87. The van der Waals surface area contributed by atoms with Crippen LogP contribution >= 0.6 is 11.6 Å². The Hall–Kier alpha value is -1.42. The minimum absolute atomic E-state index is 0.768. The van der Waals surface area contributed by atoms with Crippen molar-refractivity contribution in [3.05, 3.63) is 40.7 Å². The van der Waals surface area contributed by atoms with Gasteiger partial charge in [-0.05, 0) is 30.5 Å². The van der Waals surface area contributed by atoms with Gasteiger partial charge in [-0.15, -0.1) is 10.2 Å². The van der Waals surface area contributed by atoms with Gasteiger partial charge in [-0.1, -0.05) is 28.9 Å². The Balaban J connectivity index is 1.81. The van der Waals surface area contributed by atoms with E-state index in [1.807, 2.05) is 24.3 Å². The van der Waals surface area contributed by atoms with Crippen LogP contribution in [0.1, 0.15) is 17.8 Å². The number of aromatic nitrogens is 4. The van der Waals surface area contributed by atoms with Crippen LogP contribution in [0.25, 0.3) is 0 Å². The molecule has 1 N–H and O–H groups in total. The van der Waals surface area contributed by atoms with E-state index in [9.17, 15) is 0 Å². The third kappa shape index (κ3) is 3.02. The van der Waals surface area contributed by atoms with Crippen LogP contribution in [0.4, 0.5) is 0 Å². The van der Waals surface area contributed by atoms with Gasteiger partial charge in [0.15, 0.2) is 5.82 Å². The van der Waals surface area contributed by atoms with Crippen molar-refractivity contribution in [2.24, 2.45) is 0 Å². The van der Waals surface area contributed by atoms with E-state index in [0.29, 0.717) is 0 Å². The summed E-state index contributed by atoms with van der Waals surface area (Å²) in [4.78, 5) is 0. The fourth-order valence-electron chi connectivity index (χ4n) is 1.39. The first kappa shape index (κ1) is 10.1. The van der Waals surface area contributed by atoms with Gasteiger partial charge < -0.3 is 0 Å². The van der Waals surface area contributed by atoms with E-state index in [4.69, 9.17) is 11.6 Å². The van der Waals surface area contributed by atoms with Gasteiger partial charge in [-0.2, -0.15) is 5.21 Å². The largest absolute Gasteiger partial charge is 0.177 e. The second-order valence-corrected chi connectivity index (χ2v) is 3.74. The van der Waals surface area contributed by atoms with E-state index < -0.39 is 0 Å². The lowest BCUT2D eigenvalue weighted by molar-refractivity contribution is 0.773. The zero-order chi connectivity index (χ0) is 10.5. The van der Waals surface area contributed by atoms with Gasteiger partial charge in [0.25, 0.3) is 0 Å². The quantitative estimate of drug-likeness (QED) is 0.861. The molecule has 0 spiro atoms. The first-order chi connectivity index (χ1) is 7.34. The molecule has 0 fully saturated rings. The zero-order valence-electron chi connectivity index (χ0n) is 8.15. The number of nitrogens with zero attached hydrogens (tertiary/aromatic N) is 3. The Morgan fingerprint density at radius 3 is 2.60 bits per heavy atom. The molecule has 0 atom stereocenters. The SMILES string of the molecule is Clc1ccc(CCCc2nn[nH]n2)cc1. The maximum absolute atomic E-state index is 5.79. The molecule has 1 aromatic heterocycles. The molecule has 0 amide bonds. The van der Waals surface area contributed by atoms with E-state index in [1.165, 1.54) is 5.56 Å². The van der Waals surface area contributed by atoms with E-state index in [1.54, 1.807) is 0 Å². The molecule has 2 aromatic rings. The Morgan fingerprint density at radius 1 is 1.13 bits per heavy atom. The highest BCUT2D eigenvalue weighted by atomic mass is 35.5. The highest BCUT2D eigenvalue weighted by molar-refractivity contribution is 6.30. The second-order valence-electron chi connectivity index (χ2n) is 3.31. The molecule has 0 radical (unpaired) electrons. The number of hydrogen-bond donors (Lipinski definition) is 1. The standard InChI is InChI=1S/C10H11ClN4/c11-9-6-4-8(5-7-9)2-1-3-10-12-14-15-13-10/h4-7H,1-3H2,(H,12,13,14,15). The van der Waals surface area contributed by atoms with Crippen LogP contribution in [0.2, 0.25) is 5.02 Å². The van der Waals surface area contributed by atoms with E-state index in [2.05, 4.69) is 20.6 Å². The van der Waals surface area contributed by atoms with Gasteiger partial charge in [0, 0.05) is 11.4 Å². The number of halogens is 1. The molecular formula is C10H11ClN4. The molecule has 0 aliphatic rings. The first-order valence-corrected chi connectivity index (χ1v) is 5.19. The highest BCUT2D eigenvalue weighted by Crippen LogP contribution is 2.11. The van der Waals surface area contributed by atoms with Crippen molar-refractivity contribution < 1.29 is 0 Å². The summed E-state index contributed by atoms with van der Waals surface area (Å²) in [7, 11) is 0. The van der Waals surface area contributed by atoms with Crippen molar-refractivity contribution in [3.8, 4) is 0 Å². The van der Waals surface area contributed by atoms with Crippen LogP contribution in [0, 0.1) is 0 Å². The van der Waals surface area contributed by atoms with E-state index >= 15 is 0 Å². The lowest BCUT2D eigenvalue weighted by Gasteiger charge is -1.99. The van der Waals surface area contributed by atoms with E-state index in [0.717, 1.165) is 30.1 Å². The predicted octanol–water partition coefficient (Wildman–Crippen LogP) is 2.03. The highest BCUT2D eigenvalue weighted by Gasteiger charge is 1.98. The topological polar surface area (TPSA) is 54.5 Å². The van der Waals surface area contributed by atoms with Gasteiger partial charge in [0.2, 0.25) is 0 Å². The van der Waals surface area contributed by atoms with Gasteiger partial charge in [0.1, 0.15) is 0 Å². The van der Waals surface area contributed by atoms with Crippen LogP contribution < -0.4 is 0 Å². The summed E-state index contributed by atoms with van der Waals surface area (Å²) in [5, 5.41) is 14.5. The maximum atomic E-state index is 5.79. The van der Waals surface area contributed by atoms with Gasteiger partial charge in [-0.3, -0.25) is 0 Å². The van der Waals surface area contributed by atoms with Gasteiger partial charge in [-0.25, -0.2) is 0 Å². The zero-order valence-corrected chi connectivity index (χ0v) is 8.91. The number of aryl methyl sites for hydroxylation is 2. The minimum atomic E-state index is 0.768. The molecule has 15 heavy (non-hydrogen) atoms. The van der Waals surface area contributed by atoms with Crippen LogP contribution in [0.5, 0.6) is 0 Å². The van der Waals surface area contributed by atoms with Crippen LogP contribution in [0.15, 0.2) is 24.3 Å². The summed E-state index contributed by atoms with van der Waals surface area (Å²) in [5.41, 5.74) is 1.28. The third-order valence-corrected chi connectivity index (χ3v) is 2.42. The van der Waals surface area contributed by atoms with Gasteiger partial charge in [0.05, 0.1) is 0 Å². The average molecular weight is 223 g/mol. The van der Waals surface area contributed by atoms with Crippen molar-refractivity contribution in [2.45, 2.75) is 19.3 Å². The van der Waals surface area contributed by atoms with Crippen molar-refractivity contribution in [2.75, 3.05) is 0 Å². The molecule has 2 rings (SSSR count). The maximum Gasteiger partial charge on any atom is 0.174 e. The molecule has 78 valence electrons. The summed E-state index contributed by atoms with van der Waals surface area (Å²) < 4.78 is 0. The fraction of sp³-hybridized carbons (Fsp3) is 0.300. The van der Waals surface area contributed by atoms with Crippen molar-refractivity contribution in [3.63, 3.8) is 0 Å². The second kappa shape index (κ2) is 4.89. The third-order valence-electron chi connectivity index (χ3n) is 2.17. The number of benzene rings is 1. The first-order valence-electron chi connectivity index (χ1n) is 4.81. The smallest absolute Gasteiger partial charge is 0.174 e. The van der Waals surface area contributed by atoms with Gasteiger partial charge >= 0.3 is 0 Å². The van der Waals surface area contributed by atoms with E-state index in [-0.39, 0.29) is 0 Å². The molecule has 0 saturated carbocycles. The molecule has 0 aliphatic carbocycles.